The van der Waals surface area contributed by atoms with Crippen molar-refractivity contribution in [2.45, 2.75) is 6.42 Å². The summed E-state index contributed by atoms with van der Waals surface area (Å²) in [6.45, 7) is 0. The maximum absolute atomic E-state index is 12.4. The first kappa shape index (κ1) is 19.1. The van der Waals surface area contributed by atoms with Crippen LogP contribution >= 0.6 is 23.2 Å². The zero-order valence-electron chi connectivity index (χ0n) is 14.5. The van der Waals surface area contributed by atoms with Crippen molar-refractivity contribution in [1.29, 1.82) is 0 Å². The summed E-state index contributed by atoms with van der Waals surface area (Å²) in [5.41, 5.74) is 1.30. The summed E-state index contributed by atoms with van der Waals surface area (Å²) in [7, 11) is 1.59. The largest absolute Gasteiger partial charge is 0.497 e. The number of hydrogen-bond donors (Lipinski definition) is 1. The molecule has 6 heteroatoms. The van der Waals surface area contributed by atoms with E-state index in [1.54, 1.807) is 49.6 Å². The molecule has 0 aliphatic carbocycles. The third-order valence-electron chi connectivity index (χ3n) is 3.74. The molecule has 0 bridgehead atoms. The van der Waals surface area contributed by atoms with Crippen LogP contribution in [0.4, 0.5) is 5.69 Å². The van der Waals surface area contributed by atoms with E-state index in [9.17, 15) is 4.79 Å². The zero-order valence-corrected chi connectivity index (χ0v) is 16.1. The number of methoxy groups -OCH3 is 1. The van der Waals surface area contributed by atoms with Crippen LogP contribution in [0.2, 0.25) is 10.0 Å². The fourth-order valence-electron chi connectivity index (χ4n) is 2.51. The second-order valence-electron chi connectivity index (χ2n) is 5.78. The molecule has 0 aliphatic heterocycles. The third-order valence-corrected chi connectivity index (χ3v) is 4.21. The Morgan fingerprint density at radius 3 is 2.44 bits per heavy atom. The Morgan fingerprint density at radius 1 is 0.926 bits per heavy atom. The summed E-state index contributed by atoms with van der Waals surface area (Å²) in [5, 5.41) is 3.93. The molecule has 0 fully saturated rings. The summed E-state index contributed by atoms with van der Waals surface area (Å²) in [4.78, 5) is 12.4. The topological polar surface area (TPSA) is 47.6 Å². The van der Waals surface area contributed by atoms with E-state index in [2.05, 4.69) is 5.32 Å². The van der Waals surface area contributed by atoms with Gasteiger partial charge in [-0.05, 0) is 48.0 Å². The number of anilines is 1. The SMILES string of the molecule is COc1cccc(Oc2ccc(Cl)cc2NC(=O)Cc2cccc(Cl)c2)c1. The number of ether oxygens (including phenoxy) is 2. The van der Waals surface area contributed by atoms with Crippen molar-refractivity contribution in [2.75, 3.05) is 12.4 Å². The standard InChI is InChI=1S/C21H17Cl2NO3/c1-26-17-6-3-7-18(13-17)27-20-9-8-16(23)12-19(20)24-21(25)11-14-4-2-5-15(22)10-14/h2-10,12-13H,11H2,1H3,(H,24,25). The molecule has 0 saturated heterocycles. The molecule has 0 atom stereocenters. The van der Waals surface area contributed by atoms with Gasteiger partial charge in [-0.2, -0.15) is 0 Å². The normalized spacial score (nSPS) is 10.3. The maximum atomic E-state index is 12.4. The average Bonchev–Trinajstić information content (AvgIpc) is 2.64. The van der Waals surface area contributed by atoms with Crippen molar-refractivity contribution >= 4 is 34.8 Å². The van der Waals surface area contributed by atoms with Gasteiger partial charge in [0, 0.05) is 16.1 Å². The smallest absolute Gasteiger partial charge is 0.228 e. The van der Waals surface area contributed by atoms with E-state index in [1.807, 2.05) is 24.3 Å². The number of carbonyl (C=O) groups excluding carboxylic acids is 1. The molecule has 0 aliphatic rings. The maximum Gasteiger partial charge on any atom is 0.228 e. The van der Waals surface area contributed by atoms with Crippen LogP contribution in [0.15, 0.2) is 66.7 Å². The minimum absolute atomic E-state index is 0.186. The molecule has 27 heavy (non-hydrogen) atoms. The highest BCUT2D eigenvalue weighted by Crippen LogP contribution is 2.33. The van der Waals surface area contributed by atoms with Gasteiger partial charge in [-0.25, -0.2) is 0 Å². The van der Waals surface area contributed by atoms with Gasteiger partial charge in [-0.3, -0.25) is 4.79 Å². The number of halogens is 2. The van der Waals surface area contributed by atoms with E-state index in [1.165, 1.54) is 0 Å². The Morgan fingerprint density at radius 2 is 1.67 bits per heavy atom. The van der Waals surface area contributed by atoms with Crippen LogP contribution in [0.25, 0.3) is 0 Å². The Kier molecular flexibility index (Phi) is 6.22. The van der Waals surface area contributed by atoms with Crippen LogP contribution < -0.4 is 14.8 Å². The van der Waals surface area contributed by atoms with E-state index < -0.39 is 0 Å². The lowest BCUT2D eigenvalue weighted by Gasteiger charge is -2.13. The molecule has 0 unspecified atom stereocenters. The minimum Gasteiger partial charge on any atom is -0.497 e. The number of nitrogens with one attached hydrogen (secondary N) is 1. The highest BCUT2D eigenvalue weighted by Gasteiger charge is 2.11. The highest BCUT2D eigenvalue weighted by atomic mass is 35.5. The first-order chi connectivity index (χ1) is 13.0. The van der Waals surface area contributed by atoms with Gasteiger partial charge in [0.15, 0.2) is 5.75 Å². The second kappa shape index (κ2) is 8.80. The van der Waals surface area contributed by atoms with Crippen LogP contribution in [-0.2, 0) is 11.2 Å². The van der Waals surface area contributed by atoms with Crippen molar-refractivity contribution in [2.24, 2.45) is 0 Å². The van der Waals surface area contributed by atoms with Gasteiger partial charge in [0.2, 0.25) is 5.91 Å². The number of rotatable bonds is 6. The molecule has 3 aromatic carbocycles. The Hall–Kier alpha value is -2.69. The number of hydrogen-bond acceptors (Lipinski definition) is 3. The predicted octanol–water partition coefficient (Wildman–Crippen LogP) is 5.98. The fraction of sp³-hybridized carbons (Fsp3) is 0.0952. The zero-order chi connectivity index (χ0) is 19.2. The lowest BCUT2D eigenvalue weighted by atomic mass is 10.1. The quantitative estimate of drug-likeness (QED) is 0.552. The molecule has 0 heterocycles. The van der Waals surface area contributed by atoms with Crippen molar-refractivity contribution in [3.63, 3.8) is 0 Å². The van der Waals surface area contributed by atoms with Crippen molar-refractivity contribution < 1.29 is 14.3 Å². The van der Waals surface area contributed by atoms with Gasteiger partial charge in [0.05, 0.1) is 19.2 Å². The third kappa shape index (κ3) is 5.39. The molecular weight excluding hydrogens is 385 g/mol. The van der Waals surface area contributed by atoms with E-state index in [-0.39, 0.29) is 12.3 Å². The minimum atomic E-state index is -0.199. The van der Waals surface area contributed by atoms with E-state index in [0.29, 0.717) is 33.0 Å². The first-order valence-electron chi connectivity index (χ1n) is 8.19. The summed E-state index contributed by atoms with van der Waals surface area (Å²) in [5.74, 6) is 1.54. The Balaban J connectivity index is 1.78. The molecule has 3 rings (SSSR count). The van der Waals surface area contributed by atoms with Crippen molar-refractivity contribution in [3.8, 4) is 17.2 Å². The van der Waals surface area contributed by atoms with E-state index in [4.69, 9.17) is 32.7 Å². The van der Waals surface area contributed by atoms with Crippen LogP contribution in [-0.4, -0.2) is 13.0 Å². The molecule has 138 valence electrons. The molecular formula is C21H17Cl2NO3. The fourth-order valence-corrected chi connectivity index (χ4v) is 2.89. The molecule has 3 aromatic rings. The van der Waals surface area contributed by atoms with Gasteiger partial charge < -0.3 is 14.8 Å². The lowest BCUT2D eigenvalue weighted by Crippen LogP contribution is -2.15. The van der Waals surface area contributed by atoms with E-state index in [0.717, 1.165) is 5.56 Å². The number of carbonyl (C=O) groups is 1. The van der Waals surface area contributed by atoms with E-state index >= 15 is 0 Å². The van der Waals surface area contributed by atoms with Gasteiger partial charge in [-0.1, -0.05) is 41.4 Å². The van der Waals surface area contributed by atoms with Gasteiger partial charge in [0.1, 0.15) is 11.5 Å². The number of benzene rings is 3. The van der Waals surface area contributed by atoms with Crippen LogP contribution in [0.5, 0.6) is 17.2 Å². The predicted molar refractivity (Wildman–Crippen MR) is 108 cm³/mol. The monoisotopic (exact) mass is 401 g/mol. The Labute approximate surface area is 167 Å². The highest BCUT2D eigenvalue weighted by molar-refractivity contribution is 6.31. The molecule has 1 amide bonds. The van der Waals surface area contributed by atoms with Crippen molar-refractivity contribution in [1.82, 2.24) is 0 Å². The molecule has 4 nitrogen and oxygen atoms in total. The molecule has 0 saturated carbocycles. The number of amides is 1. The van der Waals surface area contributed by atoms with Crippen molar-refractivity contribution in [3.05, 3.63) is 82.3 Å². The molecule has 0 aromatic heterocycles. The molecule has 0 spiro atoms. The van der Waals surface area contributed by atoms with Gasteiger partial charge in [0.25, 0.3) is 0 Å². The van der Waals surface area contributed by atoms with Crippen LogP contribution in [0.3, 0.4) is 0 Å². The van der Waals surface area contributed by atoms with Crippen LogP contribution in [0.1, 0.15) is 5.56 Å². The molecule has 1 N–H and O–H groups in total. The second-order valence-corrected chi connectivity index (χ2v) is 6.65. The Bertz CT molecular complexity index is 960. The van der Waals surface area contributed by atoms with Crippen LogP contribution in [0, 0.1) is 0 Å². The average molecular weight is 402 g/mol. The lowest BCUT2D eigenvalue weighted by molar-refractivity contribution is -0.115. The summed E-state index contributed by atoms with van der Waals surface area (Å²) in [6, 6.07) is 19.4. The molecule has 0 radical (unpaired) electrons. The summed E-state index contributed by atoms with van der Waals surface area (Å²) >= 11 is 12.1. The first-order valence-corrected chi connectivity index (χ1v) is 8.95. The summed E-state index contributed by atoms with van der Waals surface area (Å²) in [6.07, 6.45) is 0.186. The van der Waals surface area contributed by atoms with Gasteiger partial charge >= 0.3 is 0 Å². The summed E-state index contributed by atoms with van der Waals surface area (Å²) < 4.78 is 11.1. The van der Waals surface area contributed by atoms with Gasteiger partial charge in [-0.15, -0.1) is 0 Å².